The average molecular weight is 326 g/mol. The Bertz CT molecular complexity index is 819. The molecule has 0 radical (unpaired) electrons. The summed E-state index contributed by atoms with van der Waals surface area (Å²) in [7, 11) is -2.14. The number of aliphatic hydroxyl groups is 1. The van der Waals surface area contributed by atoms with Gasteiger partial charge in [-0.25, -0.2) is 8.42 Å². The molecular formula is C13H12ClN3O3S. The van der Waals surface area contributed by atoms with E-state index in [1.54, 1.807) is 13.2 Å². The second-order valence-corrected chi connectivity index (χ2v) is 6.14. The summed E-state index contributed by atoms with van der Waals surface area (Å²) >= 11 is 5.99. The zero-order valence-electron chi connectivity index (χ0n) is 11.0. The van der Waals surface area contributed by atoms with Gasteiger partial charge in [-0.15, -0.1) is 0 Å². The van der Waals surface area contributed by atoms with E-state index in [0.717, 1.165) is 0 Å². The van der Waals surface area contributed by atoms with Gasteiger partial charge in [0.2, 0.25) is 0 Å². The molecule has 1 aromatic carbocycles. The van der Waals surface area contributed by atoms with Gasteiger partial charge < -0.3 is 5.11 Å². The standard InChI is InChI=1S/C13H12ClN3O3S/c1-17-7-6-13(15-17)16-21(19,20)12-5-4-10(3-2-8-18)9-11(12)14/h4-7,9,18H,8H2,1H3,(H,15,16). The first-order valence-corrected chi connectivity index (χ1v) is 7.70. The van der Waals surface area contributed by atoms with Crippen LogP contribution in [-0.4, -0.2) is 29.9 Å². The van der Waals surface area contributed by atoms with E-state index in [0.29, 0.717) is 5.56 Å². The summed E-state index contributed by atoms with van der Waals surface area (Å²) in [4.78, 5) is -0.0654. The van der Waals surface area contributed by atoms with Gasteiger partial charge in [-0.2, -0.15) is 5.10 Å². The van der Waals surface area contributed by atoms with Gasteiger partial charge in [-0.3, -0.25) is 9.40 Å². The Morgan fingerprint density at radius 2 is 2.19 bits per heavy atom. The van der Waals surface area contributed by atoms with Gasteiger partial charge in [0.25, 0.3) is 10.0 Å². The summed E-state index contributed by atoms with van der Waals surface area (Å²) in [6.45, 7) is -0.279. The highest BCUT2D eigenvalue weighted by Crippen LogP contribution is 2.24. The van der Waals surface area contributed by atoms with Gasteiger partial charge in [-0.1, -0.05) is 23.4 Å². The summed E-state index contributed by atoms with van der Waals surface area (Å²) in [5, 5.41) is 12.6. The molecule has 0 aliphatic rings. The molecule has 110 valence electrons. The van der Waals surface area contributed by atoms with Crippen molar-refractivity contribution in [1.29, 1.82) is 0 Å². The van der Waals surface area contributed by atoms with Gasteiger partial charge in [0.1, 0.15) is 11.5 Å². The molecule has 0 spiro atoms. The summed E-state index contributed by atoms with van der Waals surface area (Å²) in [6, 6.07) is 5.83. The van der Waals surface area contributed by atoms with Crippen molar-refractivity contribution in [3.63, 3.8) is 0 Å². The number of rotatable bonds is 3. The molecular weight excluding hydrogens is 314 g/mol. The summed E-state index contributed by atoms with van der Waals surface area (Å²) in [5.41, 5.74) is 0.519. The van der Waals surface area contributed by atoms with Crippen molar-refractivity contribution in [2.45, 2.75) is 4.90 Å². The normalized spacial score (nSPS) is 10.8. The molecule has 8 heteroatoms. The van der Waals surface area contributed by atoms with Crippen LogP contribution in [0.5, 0.6) is 0 Å². The number of benzene rings is 1. The summed E-state index contributed by atoms with van der Waals surface area (Å²) in [6.07, 6.45) is 1.62. The highest BCUT2D eigenvalue weighted by Gasteiger charge is 2.19. The van der Waals surface area contributed by atoms with Gasteiger partial charge in [-0.05, 0) is 18.2 Å². The number of hydrogen-bond donors (Lipinski definition) is 2. The summed E-state index contributed by atoms with van der Waals surface area (Å²) < 4.78 is 28.3. The van der Waals surface area contributed by atoms with Crippen molar-refractivity contribution < 1.29 is 13.5 Å². The first kappa shape index (κ1) is 15.4. The van der Waals surface area contributed by atoms with Crippen LogP contribution < -0.4 is 4.72 Å². The van der Waals surface area contributed by atoms with Crippen LogP contribution in [0.2, 0.25) is 5.02 Å². The lowest BCUT2D eigenvalue weighted by Crippen LogP contribution is -2.14. The molecule has 2 aromatic rings. The minimum Gasteiger partial charge on any atom is -0.384 e. The number of hydrogen-bond acceptors (Lipinski definition) is 4. The third kappa shape index (κ3) is 3.76. The highest BCUT2D eigenvalue weighted by molar-refractivity contribution is 7.92. The van der Waals surface area contributed by atoms with Crippen molar-refractivity contribution in [2.24, 2.45) is 7.05 Å². The lowest BCUT2D eigenvalue weighted by molar-refractivity contribution is 0.350. The van der Waals surface area contributed by atoms with Crippen LogP contribution in [0.3, 0.4) is 0 Å². The summed E-state index contributed by atoms with van der Waals surface area (Å²) in [5.74, 6) is 5.32. The van der Waals surface area contributed by atoms with Crippen molar-refractivity contribution in [2.75, 3.05) is 11.3 Å². The van der Waals surface area contributed by atoms with E-state index in [9.17, 15) is 8.42 Å². The number of aromatic nitrogens is 2. The van der Waals surface area contributed by atoms with Gasteiger partial charge in [0, 0.05) is 24.9 Å². The molecule has 0 aliphatic carbocycles. The molecule has 2 rings (SSSR count). The number of aryl methyl sites for hydroxylation is 1. The average Bonchev–Trinajstić information content (AvgIpc) is 2.80. The molecule has 6 nitrogen and oxygen atoms in total. The molecule has 0 saturated carbocycles. The maximum atomic E-state index is 12.2. The molecule has 0 unspecified atom stereocenters. The van der Waals surface area contributed by atoms with Crippen LogP contribution in [0.25, 0.3) is 0 Å². The fourth-order valence-corrected chi connectivity index (χ4v) is 3.14. The van der Waals surface area contributed by atoms with Gasteiger partial charge in [0.05, 0.1) is 5.02 Å². The second kappa shape index (κ2) is 6.18. The van der Waals surface area contributed by atoms with E-state index in [-0.39, 0.29) is 22.3 Å². The van der Waals surface area contributed by atoms with E-state index >= 15 is 0 Å². The number of nitrogens with zero attached hydrogens (tertiary/aromatic N) is 2. The number of halogens is 1. The number of sulfonamides is 1. The smallest absolute Gasteiger partial charge is 0.264 e. The van der Waals surface area contributed by atoms with Crippen molar-refractivity contribution in [3.05, 3.63) is 41.0 Å². The monoisotopic (exact) mass is 325 g/mol. The lowest BCUT2D eigenvalue weighted by atomic mass is 10.2. The van der Waals surface area contributed by atoms with Crippen LogP contribution in [-0.2, 0) is 17.1 Å². The highest BCUT2D eigenvalue weighted by atomic mass is 35.5. The zero-order chi connectivity index (χ0) is 15.5. The number of nitrogens with one attached hydrogen (secondary N) is 1. The van der Waals surface area contributed by atoms with Crippen LogP contribution >= 0.6 is 11.6 Å². The molecule has 0 fully saturated rings. The Labute approximate surface area is 127 Å². The van der Waals surface area contributed by atoms with E-state index in [2.05, 4.69) is 21.7 Å². The molecule has 21 heavy (non-hydrogen) atoms. The minimum absolute atomic E-state index is 0.0446. The number of aliphatic hydroxyl groups excluding tert-OH is 1. The van der Waals surface area contributed by atoms with E-state index in [4.69, 9.17) is 16.7 Å². The van der Waals surface area contributed by atoms with Crippen LogP contribution in [0.4, 0.5) is 5.82 Å². The molecule has 0 bridgehead atoms. The number of anilines is 1. The molecule has 2 N–H and O–H groups in total. The molecule has 1 aromatic heterocycles. The quantitative estimate of drug-likeness (QED) is 0.831. The Kier molecular flexibility index (Phi) is 4.53. The first-order valence-electron chi connectivity index (χ1n) is 5.84. The topological polar surface area (TPSA) is 84.2 Å². The van der Waals surface area contributed by atoms with Crippen LogP contribution in [0.1, 0.15) is 5.56 Å². The fourth-order valence-electron chi connectivity index (χ4n) is 1.60. The largest absolute Gasteiger partial charge is 0.384 e. The maximum absolute atomic E-state index is 12.2. The Morgan fingerprint density at radius 3 is 2.76 bits per heavy atom. The second-order valence-electron chi connectivity index (χ2n) is 4.09. The first-order chi connectivity index (χ1) is 9.92. The lowest BCUT2D eigenvalue weighted by Gasteiger charge is -2.07. The predicted molar refractivity (Wildman–Crippen MR) is 79.4 cm³/mol. The third-order valence-corrected chi connectivity index (χ3v) is 4.32. The third-order valence-electron chi connectivity index (χ3n) is 2.49. The molecule has 0 atom stereocenters. The van der Waals surface area contributed by atoms with E-state index < -0.39 is 10.0 Å². The van der Waals surface area contributed by atoms with Crippen molar-refractivity contribution in [1.82, 2.24) is 9.78 Å². The Hall–Kier alpha value is -2.01. The van der Waals surface area contributed by atoms with E-state index in [1.807, 2.05) is 0 Å². The molecule has 1 heterocycles. The molecule has 0 aliphatic heterocycles. The SMILES string of the molecule is Cn1ccc(NS(=O)(=O)c2ccc(C#CCO)cc2Cl)n1. The van der Waals surface area contributed by atoms with Gasteiger partial charge >= 0.3 is 0 Å². The molecule has 0 amide bonds. The zero-order valence-corrected chi connectivity index (χ0v) is 12.6. The van der Waals surface area contributed by atoms with Gasteiger partial charge in [0.15, 0.2) is 5.82 Å². The van der Waals surface area contributed by atoms with Crippen molar-refractivity contribution in [3.8, 4) is 11.8 Å². The maximum Gasteiger partial charge on any atom is 0.264 e. The Balaban J connectivity index is 2.32. The Morgan fingerprint density at radius 1 is 1.43 bits per heavy atom. The van der Waals surface area contributed by atoms with Crippen LogP contribution in [0.15, 0.2) is 35.4 Å². The predicted octanol–water partition coefficient (Wildman–Crippen LogP) is 1.22. The molecule has 0 saturated heterocycles. The fraction of sp³-hybridized carbons (Fsp3) is 0.154. The van der Waals surface area contributed by atoms with E-state index in [1.165, 1.54) is 28.9 Å². The van der Waals surface area contributed by atoms with Crippen LogP contribution in [0, 0.1) is 11.8 Å². The minimum atomic E-state index is -3.82. The van der Waals surface area contributed by atoms with Crippen molar-refractivity contribution >= 4 is 27.4 Å².